The van der Waals surface area contributed by atoms with Crippen LogP contribution in [0.2, 0.25) is 0 Å². The van der Waals surface area contributed by atoms with Gasteiger partial charge < -0.3 is 14.5 Å². The van der Waals surface area contributed by atoms with E-state index >= 15 is 0 Å². The van der Waals surface area contributed by atoms with Gasteiger partial charge in [0.15, 0.2) is 0 Å². The molecule has 3 fully saturated rings. The Kier molecular flexibility index (Phi) is 4.73. The first kappa shape index (κ1) is 16.9. The molecular formula is C19H28N4O2. The molecule has 0 radical (unpaired) electrons. The average molecular weight is 344 g/mol. The molecule has 0 aromatic carbocycles. The Morgan fingerprint density at radius 3 is 2.80 bits per heavy atom. The van der Waals surface area contributed by atoms with Crippen LogP contribution in [0.25, 0.3) is 0 Å². The lowest BCUT2D eigenvalue weighted by molar-refractivity contribution is 0.0582. The lowest BCUT2D eigenvalue weighted by atomic mass is 9.76. The fourth-order valence-electron chi connectivity index (χ4n) is 4.35. The van der Waals surface area contributed by atoms with Gasteiger partial charge in [0.1, 0.15) is 12.0 Å². The first-order valence-corrected chi connectivity index (χ1v) is 9.48. The minimum absolute atomic E-state index is 0.0351. The van der Waals surface area contributed by atoms with Crippen molar-refractivity contribution in [2.75, 3.05) is 39.9 Å². The summed E-state index contributed by atoms with van der Waals surface area (Å²) in [5.41, 5.74) is 0.853. The molecule has 3 heterocycles. The van der Waals surface area contributed by atoms with Gasteiger partial charge in [-0.05, 0) is 56.6 Å². The third-order valence-corrected chi connectivity index (χ3v) is 6.15. The van der Waals surface area contributed by atoms with Crippen LogP contribution in [0.3, 0.4) is 0 Å². The summed E-state index contributed by atoms with van der Waals surface area (Å²) in [6.07, 6.45) is 9.12. The molecule has 4 rings (SSSR count). The van der Waals surface area contributed by atoms with Gasteiger partial charge >= 0.3 is 0 Å². The Labute approximate surface area is 149 Å². The van der Waals surface area contributed by atoms with E-state index in [0.717, 1.165) is 51.6 Å². The number of hydrogen-bond donors (Lipinski definition) is 0. The maximum Gasteiger partial charge on any atom is 0.272 e. The summed E-state index contributed by atoms with van der Waals surface area (Å²) in [7, 11) is 2.22. The third kappa shape index (κ3) is 3.85. The summed E-state index contributed by atoms with van der Waals surface area (Å²) in [6, 6.07) is 2.23. The number of carbonyl (C=O) groups is 1. The minimum Gasteiger partial charge on any atom is -0.380 e. The molecule has 136 valence electrons. The van der Waals surface area contributed by atoms with Crippen LogP contribution < -0.4 is 0 Å². The molecule has 1 aliphatic carbocycles. The van der Waals surface area contributed by atoms with Crippen molar-refractivity contribution < 1.29 is 9.53 Å². The van der Waals surface area contributed by atoms with Gasteiger partial charge in [-0.1, -0.05) is 0 Å². The van der Waals surface area contributed by atoms with Gasteiger partial charge in [0.05, 0.1) is 6.61 Å². The molecule has 25 heavy (non-hydrogen) atoms. The van der Waals surface area contributed by atoms with Crippen molar-refractivity contribution in [3.63, 3.8) is 0 Å². The molecule has 0 bridgehead atoms. The van der Waals surface area contributed by atoms with Crippen molar-refractivity contribution in [2.24, 2.45) is 11.3 Å². The summed E-state index contributed by atoms with van der Waals surface area (Å²) in [6.45, 7) is 4.58. The van der Waals surface area contributed by atoms with Crippen LogP contribution in [0.4, 0.5) is 0 Å². The van der Waals surface area contributed by atoms with Crippen LogP contribution in [-0.2, 0) is 4.74 Å². The van der Waals surface area contributed by atoms with Crippen molar-refractivity contribution in [1.82, 2.24) is 19.8 Å². The largest absolute Gasteiger partial charge is 0.380 e. The SMILES string of the molecule is CN1CC2(CCN(C(=O)c3ccncn3)CC2)C[C@H]1COCC1CC1. The van der Waals surface area contributed by atoms with Crippen molar-refractivity contribution in [2.45, 2.75) is 38.1 Å². The van der Waals surface area contributed by atoms with E-state index < -0.39 is 0 Å². The summed E-state index contributed by atoms with van der Waals surface area (Å²) in [5, 5.41) is 0. The number of rotatable bonds is 5. The number of ether oxygens (including phenoxy) is 1. The molecule has 1 atom stereocenters. The highest BCUT2D eigenvalue weighted by Crippen LogP contribution is 2.43. The minimum atomic E-state index is 0.0351. The van der Waals surface area contributed by atoms with E-state index in [9.17, 15) is 4.79 Å². The van der Waals surface area contributed by atoms with Gasteiger partial charge in [-0.2, -0.15) is 0 Å². The molecule has 1 saturated carbocycles. The first-order valence-electron chi connectivity index (χ1n) is 9.48. The van der Waals surface area contributed by atoms with E-state index in [1.807, 2.05) is 4.90 Å². The normalized spacial score (nSPS) is 26.3. The molecular weight excluding hydrogens is 316 g/mol. The molecule has 6 nitrogen and oxygen atoms in total. The van der Waals surface area contributed by atoms with Crippen molar-refractivity contribution in [3.8, 4) is 0 Å². The second kappa shape index (κ2) is 7.00. The average Bonchev–Trinajstić information content (AvgIpc) is 3.41. The Bertz CT molecular complexity index is 597. The summed E-state index contributed by atoms with van der Waals surface area (Å²) < 4.78 is 5.94. The zero-order valence-corrected chi connectivity index (χ0v) is 15.1. The Balaban J connectivity index is 1.29. The lowest BCUT2D eigenvalue weighted by Gasteiger charge is -2.39. The first-order chi connectivity index (χ1) is 12.2. The van der Waals surface area contributed by atoms with E-state index in [4.69, 9.17) is 4.74 Å². The monoisotopic (exact) mass is 344 g/mol. The highest BCUT2D eigenvalue weighted by molar-refractivity contribution is 5.92. The maximum atomic E-state index is 12.5. The van der Waals surface area contributed by atoms with Crippen LogP contribution in [0.5, 0.6) is 0 Å². The Morgan fingerprint density at radius 1 is 1.32 bits per heavy atom. The summed E-state index contributed by atoms with van der Waals surface area (Å²) in [5.74, 6) is 0.865. The highest BCUT2D eigenvalue weighted by Gasteiger charge is 2.45. The molecule has 1 spiro atoms. The molecule has 1 amide bonds. The standard InChI is InChI=1S/C19H28N4O2/c1-22-13-19(10-16(22)12-25-11-15-2-3-15)5-8-23(9-6-19)18(24)17-4-7-20-14-21-17/h4,7,14-16H,2-3,5-6,8-13H2,1H3/t16-/m0/s1. The van der Waals surface area contributed by atoms with E-state index in [1.165, 1.54) is 25.6 Å². The van der Waals surface area contributed by atoms with Gasteiger partial charge in [-0.15, -0.1) is 0 Å². The lowest BCUT2D eigenvalue weighted by Crippen LogP contribution is -2.44. The Morgan fingerprint density at radius 2 is 2.12 bits per heavy atom. The van der Waals surface area contributed by atoms with Crippen molar-refractivity contribution in [3.05, 3.63) is 24.3 Å². The van der Waals surface area contributed by atoms with Crippen LogP contribution in [0.15, 0.2) is 18.6 Å². The predicted octanol–water partition coefficient (Wildman–Crippen LogP) is 1.83. The van der Waals surface area contributed by atoms with Crippen molar-refractivity contribution >= 4 is 5.91 Å². The molecule has 2 saturated heterocycles. The third-order valence-electron chi connectivity index (χ3n) is 6.15. The highest BCUT2D eigenvalue weighted by atomic mass is 16.5. The van der Waals surface area contributed by atoms with Gasteiger partial charge in [-0.3, -0.25) is 4.79 Å². The molecule has 1 aromatic heterocycles. The summed E-state index contributed by atoms with van der Waals surface area (Å²) in [4.78, 5) is 24.9. The van der Waals surface area contributed by atoms with Gasteiger partial charge in [-0.25, -0.2) is 9.97 Å². The summed E-state index contributed by atoms with van der Waals surface area (Å²) >= 11 is 0. The number of likely N-dealkylation sites (N-methyl/N-ethyl adjacent to an activating group) is 1. The van der Waals surface area contributed by atoms with Crippen LogP contribution in [-0.4, -0.2) is 71.6 Å². The van der Waals surface area contributed by atoms with Crippen molar-refractivity contribution in [1.29, 1.82) is 0 Å². The topological polar surface area (TPSA) is 58.6 Å². The van der Waals surface area contributed by atoms with E-state index in [0.29, 0.717) is 17.2 Å². The fourth-order valence-corrected chi connectivity index (χ4v) is 4.35. The number of aromatic nitrogens is 2. The molecule has 0 N–H and O–H groups in total. The smallest absolute Gasteiger partial charge is 0.272 e. The second-order valence-electron chi connectivity index (χ2n) is 8.14. The van der Waals surface area contributed by atoms with Crippen LogP contribution >= 0.6 is 0 Å². The van der Waals surface area contributed by atoms with Gasteiger partial charge in [0, 0.05) is 38.5 Å². The quantitative estimate of drug-likeness (QED) is 0.816. The number of carbonyl (C=O) groups excluding carboxylic acids is 1. The van der Waals surface area contributed by atoms with E-state index in [2.05, 4.69) is 21.9 Å². The molecule has 2 aliphatic heterocycles. The van der Waals surface area contributed by atoms with Crippen LogP contribution in [0, 0.1) is 11.3 Å². The molecule has 0 unspecified atom stereocenters. The maximum absolute atomic E-state index is 12.5. The Hall–Kier alpha value is -1.53. The fraction of sp³-hybridized carbons (Fsp3) is 0.737. The number of amides is 1. The molecule has 6 heteroatoms. The van der Waals surface area contributed by atoms with Gasteiger partial charge in [0.25, 0.3) is 5.91 Å². The number of nitrogens with zero attached hydrogens (tertiary/aromatic N) is 4. The zero-order valence-electron chi connectivity index (χ0n) is 15.1. The van der Waals surface area contributed by atoms with E-state index in [1.54, 1.807) is 12.3 Å². The number of piperidine rings is 1. The molecule has 1 aromatic rings. The van der Waals surface area contributed by atoms with E-state index in [-0.39, 0.29) is 5.91 Å². The zero-order chi connectivity index (χ0) is 17.3. The molecule has 3 aliphatic rings. The number of hydrogen-bond acceptors (Lipinski definition) is 5. The predicted molar refractivity (Wildman–Crippen MR) is 94.2 cm³/mol. The second-order valence-corrected chi connectivity index (χ2v) is 8.14. The van der Waals surface area contributed by atoms with Gasteiger partial charge in [0.2, 0.25) is 0 Å². The number of likely N-dealkylation sites (tertiary alicyclic amines) is 2. The van der Waals surface area contributed by atoms with Crippen LogP contribution in [0.1, 0.15) is 42.6 Å².